The molecule has 0 atom stereocenters. The van der Waals surface area contributed by atoms with Crippen LogP contribution in [0, 0.1) is 25.2 Å². The predicted octanol–water partition coefficient (Wildman–Crippen LogP) is 4.44. The monoisotopic (exact) mass is 327 g/mol. The van der Waals surface area contributed by atoms with Gasteiger partial charge in [-0.1, -0.05) is 38.1 Å². The number of rotatable bonds is 3. The van der Waals surface area contributed by atoms with Crippen LogP contribution in [0.4, 0.5) is 0 Å². The Morgan fingerprint density at radius 3 is 2.35 bits per heavy atom. The third-order valence-electron chi connectivity index (χ3n) is 4.05. The van der Waals surface area contributed by atoms with Crippen LogP contribution >= 0.6 is 0 Å². The maximum atomic E-state index is 11.7. The van der Waals surface area contributed by atoms with Crippen LogP contribution in [0.5, 0.6) is 0 Å². The van der Waals surface area contributed by atoms with Gasteiger partial charge in [-0.2, -0.15) is 5.26 Å². The second-order valence-corrected chi connectivity index (χ2v) is 8.26. The van der Waals surface area contributed by atoms with Gasteiger partial charge in [0.25, 0.3) is 0 Å². The smallest absolute Gasteiger partial charge is 0.185 e. The highest BCUT2D eigenvalue weighted by Gasteiger charge is 2.18. The van der Waals surface area contributed by atoms with E-state index in [2.05, 4.69) is 32.0 Å². The molecule has 0 spiro atoms. The Balaban J connectivity index is 2.78. The first-order valence-electron chi connectivity index (χ1n) is 7.51. The Morgan fingerprint density at radius 2 is 1.83 bits per heavy atom. The van der Waals surface area contributed by atoms with Crippen molar-refractivity contribution in [2.24, 2.45) is 0 Å². The van der Waals surface area contributed by atoms with Gasteiger partial charge in [-0.05, 0) is 59.2 Å². The third kappa shape index (κ3) is 3.46. The second kappa shape index (κ2) is 6.17. The fourth-order valence-corrected chi connectivity index (χ4v) is 3.22. The zero-order valence-electron chi connectivity index (χ0n) is 14.1. The summed E-state index contributed by atoms with van der Waals surface area (Å²) in [6.07, 6.45) is 2.54. The van der Waals surface area contributed by atoms with Gasteiger partial charge in [-0.15, -0.1) is 0 Å². The normalized spacial score (nSPS) is 12.7. The Kier molecular flexibility index (Phi) is 4.63. The Morgan fingerprint density at radius 1 is 1.17 bits per heavy atom. The standard InChI is InChI=1S/C19H21NO2S/c1-12(2)15-7-6-13(3)19-16(8-14(4)18(19)10-15)9-17(11-20)23(5,21)22/h6-10,12H,1-5H3/b17-9-. The van der Waals surface area contributed by atoms with E-state index in [1.165, 1.54) is 11.6 Å². The zero-order valence-corrected chi connectivity index (χ0v) is 15.0. The predicted molar refractivity (Wildman–Crippen MR) is 95.1 cm³/mol. The molecule has 4 heteroatoms. The minimum absolute atomic E-state index is 0.209. The number of hydrogen-bond donors (Lipinski definition) is 0. The summed E-state index contributed by atoms with van der Waals surface area (Å²) >= 11 is 0. The van der Waals surface area contributed by atoms with Crippen molar-refractivity contribution in [3.05, 3.63) is 51.4 Å². The minimum Gasteiger partial charge on any atom is -0.223 e. The molecule has 2 aliphatic carbocycles. The van der Waals surface area contributed by atoms with Crippen molar-refractivity contribution in [2.75, 3.05) is 6.26 Å². The number of nitrogens with zero attached hydrogens (tertiary/aromatic N) is 1. The van der Waals surface area contributed by atoms with Gasteiger partial charge in [0.1, 0.15) is 11.0 Å². The molecule has 2 aliphatic rings. The van der Waals surface area contributed by atoms with E-state index in [0.29, 0.717) is 5.92 Å². The molecule has 2 rings (SSSR count). The molecule has 0 unspecified atom stereocenters. The van der Waals surface area contributed by atoms with E-state index in [9.17, 15) is 8.42 Å². The lowest BCUT2D eigenvalue weighted by atomic mass is 10.0. The lowest BCUT2D eigenvalue weighted by Crippen LogP contribution is -1.98. The molecule has 0 fully saturated rings. The first-order valence-corrected chi connectivity index (χ1v) is 9.40. The molecule has 0 N–H and O–H groups in total. The van der Waals surface area contributed by atoms with Gasteiger partial charge in [0, 0.05) is 6.26 Å². The molecular formula is C19H21NO2S. The number of aryl methyl sites for hydroxylation is 2. The molecule has 0 aromatic heterocycles. The molecular weight excluding hydrogens is 306 g/mol. The van der Waals surface area contributed by atoms with Crippen molar-refractivity contribution in [3.8, 4) is 17.2 Å². The van der Waals surface area contributed by atoms with Crippen LogP contribution in [-0.2, 0) is 9.84 Å². The van der Waals surface area contributed by atoms with Crippen LogP contribution in [0.25, 0.3) is 17.2 Å². The summed E-state index contributed by atoms with van der Waals surface area (Å²) in [5.74, 6) is 0.406. The van der Waals surface area contributed by atoms with E-state index in [4.69, 9.17) is 5.26 Å². The number of allylic oxidation sites excluding steroid dienone is 1. The van der Waals surface area contributed by atoms with Crippen molar-refractivity contribution in [2.45, 2.75) is 33.6 Å². The molecule has 3 nitrogen and oxygen atoms in total. The van der Waals surface area contributed by atoms with E-state index >= 15 is 0 Å². The summed E-state index contributed by atoms with van der Waals surface area (Å²) < 4.78 is 23.4. The van der Waals surface area contributed by atoms with Crippen LogP contribution in [-0.4, -0.2) is 14.7 Å². The molecule has 0 aromatic carbocycles. The molecule has 0 saturated heterocycles. The molecule has 120 valence electrons. The van der Waals surface area contributed by atoms with Crippen molar-refractivity contribution < 1.29 is 8.42 Å². The first kappa shape index (κ1) is 17.2. The highest BCUT2D eigenvalue weighted by atomic mass is 32.2. The number of fused-ring (bicyclic) bond motifs is 1. The molecule has 0 aromatic rings. The maximum Gasteiger partial charge on any atom is 0.185 e. The van der Waals surface area contributed by atoms with Gasteiger partial charge in [-0.25, -0.2) is 8.42 Å². The van der Waals surface area contributed by atoms with E-state index in [0.717, 1.165) is 34.1 Å². The van der Waals surface area contributed by atoms with Crippen LogP contribution in [0.15, 0.2) is 29.2 Å². The highest BCUT2D eigenvalue weighted by molar-refractivity contribution is 7.95. The van der Waals surface area contributed by atoms with Crippen LogP contribution in [0.3, 0.4) is 0 Å². The average Bonchev–Trinajstić information content (AvgIpc) is 2.62. The topological polar surface area (TPSA) is 57.9 Å². The van der Waals surface area contributed by atoms with Crippen molar-refractivity contribution in [3.63, 3.8) is 0 Å². The quantitative estimate of drug-likeness (QED) is 0.783. The molecule has 23 heavy (non-hydrogen) atoms. The Bertz CT molecular complexity index is 900. The van der Waals surface area contributed by atoms with E-state index < -0.39 is 9.84 Å². The van der Waals surface area contributed by atoms with Gasteiger partial charge in [0.05, 0.1) is 0 Å². The highest BCUT2D eigenvalue weighted by Crippen LogP contribution is 2.37. The molecule has 0 saturated carbocycles. The molecule has 0 aliphatic heterocycles. The minimum atomic E-state index is -3.52. The molecule has 0 bridgehead atoms. The summed E-state index contributed by atoms with van der Waals surface area (Å²) in [6, 6.07) is 10.1. The number of sulfone groups is 1. The second-order valence-electron chi connectivity index (χ2n) is 6.28. The molecule has 0 amide bonds. The van der Waals surface area contributed by atoms with Crippen LogP contribution < -0.4 is 0 Å². The summed E-state index contributed by atoms with van der Waals surface area (Å²) in [5, 5.41) is 9.14. The van der Waals surface area contributed by atoms with E-state index in [1.807, 2.05) is 19.9 Å². The summed E-state index contributed by atoms with van der Waals surface area (Å²) in [5.41, 5.74) is 6.27. The fraction of sp³-hybridized carbons (Fsp3) is 0.316. The summed E-state index contributed by atoms with van der Waals surface area (Å²) in [6.45, 7) is 8.31. The average molecular weight is 327 g/mol. The maximum absolute atomic E-state index is 11.7. The number of hydrogen-bond acceptors (Lipinski definition) is 3. The SMILES string of the molecule is Cc1cc(/C=C(/C#N)S(C)(=O)=O)c2c(C)ccc(C(C)C)cc1-2. The fourth-order valence-electron chi connectivity index (χ4n) is 2.72. The number of nitriles is 1. The Labute approximate surface area is 138 Å². The lowest BCUT2D eigenvalue weighted by Gasteiger charge is -2.04. The van der Waals surface area contributed by atoms with Crippen LogP contribution in [0.1, 0.15) is 42.0 Å². The van der Waals surface area contributed by atoms with Gasteiger partial charge in [-0.3, -0.25) is 0 Å². The molecule has 0 radical (unpaired) electrons. The lowest BCUT2D eigenvalue weighted by molar-refractivity contribution is 0.609. The van der Waals surface area contributed by atoms with Crippen LogP contribution in [0.2, 0.25) is 0 Å². The van der Waals surface area contributed by atoms with Crippen molar-refractivity contribution in [1.29, 1.82) is 5.26 Å². The van der Waals surface area contributed by atoms with E-state index in [-0.39, 0.29) is 4.91 Å². The van der Waals surface area contributed by atoms with E-state index in [1.54, 1.807) is 6.07 Å². The van der Waals surface area contributed by atoms with Crippen molar-refractivity contribution in [1.82, 2.24) is 0 Å². The summed E-state index contributed by atoms with van der Waals surface area (Å²) in [7, 11) is -3.52. The largest absolute Gasteiger partial charge is 0.223 e. The van der Waals surface area contributed by atoms with Gasteiger partial charge in [0.15, 0.2) is 9.84 Å². The zero-order chi connectivity index (χ0) is 17.4. The Hall–Kier alpha value is -2.12. The van der Waals surface area contributed by atoms with Gasteiger partial charge >= 0.3 is 0 Å². The molecule has 0 heterocycles. The third-order valence-corrected chi connectivity index (χ3v) is 5.06. The van der Waals surface area contributed by atoms with Gasteiger partial charge in [0.2, 0.25) is 0 Å². The van der Waals surface area contributed by atoms with Gasteiger partial charge < -0.3 is 0 Å². The summed E-state index contributed by atoms with van der Waals surface area (Å²) in [4.78, 5) is -0.209. The first-order chi connectivity index (χ1) is 10.6. The van der Waals surface area contributed by atoms with Crippen molar-refractivity contribution >= 4 is 15.9 Å².